The van der Waals surface area contributed by atoms with Crippen molar-refractivity contribution in [2.45, 2.75) is 33.2 Å². The fraction of sp³-hybridized carbons (Fsp3) is 0.600. The largest absolute Gasteiger partial charge is 0.493 e. The predicted molar refractivity (Wildman–Crippen MR) is 82.9 cm³/mol. The van der Waals surface area contributed by atoms with Crippen molar-refractivity contribution in [2.75, 3.05) is 24.7 Å². The van der Waals surface area contributed by atoms with E-state index in [0.29, 0.717) is 13.0 Å². The highest BCUT2D eigenvalue weighted by Gasteiger charge is 2.07. The van der Waals surface area contributed by atoms with Gasteiger partial charge in [0.2, 0.25) is 0 Å². The van der Waals surface area contributed by atoms with E-state index in [2.05, 4.69) is 12.2 Å². The molecule has 0 aliphatic heterocycles. The lowest BCUT2D eigenvalue weighted by atomic mass is 10.2. The van der Waals surface area contributed by atoms with Gasteiger partial charge in [-0.05, 0) is 25.5 Å². The first-order chi connectivity index (χ1) is 9.59. The van der Waals surface area contributed by atoms with Crippen LogP contribution in [0.2, 0.25) is 0 Å². The summed E-state index contributed by atoms with van der Waals surface area (Å²) in [5.74, 6) is 1.23. The van der Waals surface area contributed by atoms with Gasteiger partial charge < -0.3 is 10.1 Å². The van der Waals surface area contributed by atoms with Gasteiger partial charge in [0.1, 0.15) is 15.6 Å². The Morgan fingerprint density at radius 2 is 1.95 bits per heavy atom. The molecule has 0 amide bonds. The van der Waals surface area contributed by atoms with Crippen LogP contribution in [0.1, 0.15) is 32.3 Å². The van der Waals surface area contributed by atoms with Crippen molar-refractivity contribution in [2.24, 2.45) is 0 Å². The molecule has 20 heavy (non-hydrogen) atoms. The maximum absolute atomic E-state index is 11.4. The molecule has 0 aliphatic carbocycles. The summed E-state index contributed by atoms with van der Waals surface area (Å²) in [5.41, 5.74) is 1.11. The number of hydrogen-bond donors (Lipinski definition) is 1. The van der Waals surface area contributed by atoms with Crippen molar-refractivity contribution in [1.82, 2.24) is 5.32 Å². The Hall–Kier alpha value is -1.07. The molecule has 4 nitrogen and oxygen atoms in total. The van der Waals surface area contributed by atoms with Crippen LogP contribution in [-0.4, -0.2) is 33.1 Å². The monoisotopic (exact) mass is 299 g/mol. The number of benzene rings is 1. The molecule has 0 aromatic heterocycles. The van der Waals surface area contributed by atoms with Crippen molar-refractivity contribution in [1.29, 1.82) is 0 Å². The van der Waals surface area contributed by atoms with Crippen molar-refractivity contribution in [3.8, 4) is 5.75 Å². The van der Waals surface area contributed by atoms with E-state index < -0.39 is 9.84 Å². The number of nitrogens with one attached hydrogen (secondary N) is 1. The lowest BCUT2D eigenvalue weighted by molar-refractivity contribution is 0.313. The van der Waals surface area contributed by atoms with E-state index in [1.54, 1.807) is 6.92 Å². The summed E-state index contributed by atoms with van der Waals surface area (Å²) in [6.45, 7) is 5.98. The molecule has 0 atom stereocenters. The van der Waals surface area contributed by atoms with Crippen LogP contribution in [0.5, 0.6) is 5.75 Å². The molecular formula is C15H25NO3S. The Morgan fingerprint density at radius 1 is 1.20 bits per heavy atom. The summed E-state index contributed by atoms with van der Waals surface area (Å²) in [6.07, 6.45) is 1.63. The van der Waals surface area contributed by atoms with Gasteiger partial charge in [-0.15, -0.1) is 0 Å². The molecule has 1 aromatic carbocycles. The second-order valence-electron chi connectivity index (χ2n) is 4.72. The highest BCUT2D eigenvalue weighted by Crippen LogP contribution is 2.17. The van der Waals surface area contributed by atoms with Crippen molar-refractivity contribution < 1.29 is 13.2 Å². The number of ether oxygens (including phenoxy) is 1. The smallest absolute Gasteiger partial charge is 0.150 e. The van der Waals surface area contributed by atoms with Gasteiger partial charge >= 0.3 is 0 Å². The Bertz CT molecular complexity index is 486. The molecule has 0 heterocycles. The van der Waals surface area contributed by atoms with Crippen LogP contribution in [0.4, 0.5) is 0 Å². The molecule has 0 saturated carbocycles. The van der Waals surface area contributed by atoms with Gasteiger partial charge in [-0.1, -0.05) is 32.0 Å². The zero-order chi connectivity index (χ0) is 14.8. The average Bonchev–Trinajstić information content (AvgIpc) is 2.45. The standard InChI is InChI=1S/C15H25NO3S/c1-3-10-16-13-14-8-5-6-9-15(14)19-11-7-12-20(17,18)4-2/h5-6,8-9,16H,3-4,7,10-13H2,1-2H3. The first-order valence-corrected chi connectivity index (χ1v) is 9.03. The Kier molecular flexibility index (Phi) is 7.62. The van der Waals surface area contributed by atoms with E-state index in [4.69, 9.17) is 4.74 Å². The fourth-order valence-corrected chi connectivity index (χ4v) is 2.64. The fourth-order valence-electron chi connectivity index (χ4n) is 1.80. The summed E-state index contributed by atoms with van der Waals surface area (Å²) in [5, 5.41) is 3.34. The molecule has 0 bridgehead atoms. The third kappa shape index (κ3) is 6.39. The van der Waals surface area contributed by atoms with Crippen LogP contribution in [0.15, 0.2) is 24.3 Å². The van der Waals surface area contributed by atoms with Crippen molar-refractivity contribution >= 4 is 9.84 Å². The van der Waals surface area contributed by atoms with E-state index in [0.717, 1.165) is 30.8 Å². The number of hydrogen-bond acceptors (Lipinski definition) is 4. The third-order valence-electron chi connectivity index (χ3n) is 3.01. The number of rotatable bonds is 10. The van der Waals surface area contributed by atoms with Gasteiger partial charge in [0.05, 0.1) is 12.4 Å². The molecule has 0 spiro atoms. The minimum absolute atomic E-state index is 0.194. The number of para-hydroxylation sites is 1. The first kappa shape index (κ1) is 17.0. The normalized spacial score (nSPS) is 11.5. The Balaban J connectivity index is 2.43. The SMILES string of the molecule is CCCNCc1ccccc1OCCCS(=O)(=O)CC. The van der Waals surface area contributed by atoms with Gasteiger partial charge in [0.25, 0.3) is 0 Å². The van der Waals surface area contributed by atoms with E-state index in [1.165, 1.54) is 0 Å². The summed E-state index contributed by atoms with van der Waals surface area (Å²) in [7, 11) is -2.89. The maximum atomic E-state index is 11.4. The van der Waals surface area contributed by atoms with Crippen LogP contribution < -0.4 is 10.1 Å². The second-order valence-corrected chi connectivity index (χ2v) is 7.20. The summed E-state index contributed by atoms with van der Waals surface area (Å²) in [4.78, 5) is 0. The number of sulfone groups is 1. The minimum atomic E-state index is -2.89. The molecule has 0 fully saturated rings. The third-order valence-corrected chi connectivity index (χ3v) is 4.80. The van der Waals surface area contributed by atoms with Gasteiger partial charge in [0, 0.05) is 17.9 Å². The molecule has 1 aromatic rings. The minimum Gasteiger partial charge on any atom is -0.493 e. The summed E-state index contributed by atoms with van der Waals surface area (Å²) in [6, 6.07) is 7.87. The van der Waals surface area contributed by atoms with E-state index in [9.17, 15) is 8.42 Å². The zero-order valence-corrected chi connectivity index (χ0v) is 13.2. The van der Waals surface area contributed by atoms with Gasteiger partial charge in [0.15, 0.2) is 0 Å². The molecule has 0 aliphatic rings. The van der Waals surface area contributed by atoms with Crippen LogP contribution in [0.25, 0.3) is 0 Å². The lowest BCUT2D eigenvalue weighted by Crippen LogP contribution is -2.15. The second kappa shape index (κ2) is 8.97. The van der Waals surface area contributed by atoms with Gasteiger partial charge in [-0.3, -0.25) is 0 Å². The van der Waals surface area contributed by atoms with Crippen molar-refractivity contribution in [3.05, 3.63) is 29.8 Å². The quantitative estimate of drug-likeness (QED) is 0.674. The summed E-state index contributed by atoms with van der Waals surface area (Å²) < 4.78 is 28.5. The average molecular weight is 299 g/mol. The molecule has 0 unspecified atom stereocenters. The first-order valence-electron chi connectivity index (χ1n) is 7.21. The summed E-state index contributed by atoms with van der Waals surface area (Å²) >= 11 is 0. The van der Waals surface area contributed by atoms with Gasteiger partial charge in [-0.2, -0.15) is 0 Å². The Labute approximate surface area is 122 Å². The topological polar surface area (TPSA) is 55.4 Å². The lowest BCUT2D eigenvalue weighted by Gasteiger charge is -2.12. The van der Waals surface area contributed by atoms with Crippen LogP contribution >= 0.6 is 0 Å². The van der Waals surface area contributed by atoms with Crippen LogP contribution in [0, 0.1) is 0 Å². The molecule has 1 rings (SSSR count). The molecule has 0 radical (unpaired) electrons. The van der Waals surface area contributed by atoms with E-state index in [-0.39, 0.29) is 11.5 Å². The highest BCUT2D eigenvalue weighted by molar-refractivity contribution is 7.91. The van der Waals surface area contributed by atoms with E-state index in [1.807, 2.05) is 24.3 Å². The predicted octanol–water partition coefficient (Wildman–Crippen LogP) is 2.39. The van der Waals surface area contributed by atoms with Crippen molar-refractivity contribution in [3.63, 3.8) is 0 Å². The van der Waals surface area contributed by atoms with Crippen LogP contribution in [-0.2, 0) is 16.4 Å². The zero-order valence-electron chi connectivity index (χ0n) is 12.4. The molecule has 1 N–H and O–H groups in total. The van der Waals surface area contributed by atoms with Crippen LogP contribution in [0.3, 0.4) is 0 Å². The Morgan fingerprint density at radius 3 is 2.65 bits per heavy atom. The molecular weight excluding hydrogens is 274 g/mol. The molecule has 5 heteroatoms. The maximum Gasteiger partial charge on any atom is 0.150 e. The van der Waals surface area contributed by atoms with E-state index >= 15 is 0 Å². The molecule has 0 saturated heterocycles. The van der Waals surface area contributed by atoms with Gasteiger partial charge in [-0.25, -0.2) is 8.42 Å². The molecule has 114 valence electrons. The highest BCUT2D eigenvalue weighted by atomic mass is 32.2.